The summed E-state index contributed by atoms with van der Waals surface area (Å²) in [5.74, 6) is -0.217. The smallest absolute Gasteiger partial charge is 0.317 e. The van der Waals surface area contributed by atoms with Crippen molar-refractivity contribution in [1.82, 2.24) is 15.2 Å². The van der Waals surface area contributed by atoms with Gasteiger partial charge in [-0.05, 0) is 48.6 Å². The van der Waals surface area contributed by atoms with Crippen molar-refractivity contribution in [3.05, 3.63) is 70.8 Å². The highest BCUT2D eigenvalue weighted by Gasteiger charge is 2.34. The van der Waals surface area contributed by atoms with Crippen LogP contribution in [0.15, 0.2) is 53.6 Å². The third kappa shape index (κ3) is 6.20. The van der Waals surface area contributed by atoms with Gasteiger partial charge in [0.15, 0.2) is 0 Å². The first-order chi connectivity index (χ1) is 15.9. The van der Waals surface area contributed by atoms with Crippen LogP contribution in [0.1, 0.15) is 48.1 Å². The summed E-state index contributed by atoms with van der Waals surface area (Å²) in [6, 6.07) is 15.7. The molecule has 0 aromatic heterocycles. The minimum atomic E-state index is -0.268. The summed E-state index contributed by atoms with van der Waals surface area (Å²) in [5.41, 5.74) is 5.32. The van der Waals surface area contributed by atoms with Gasteiger partial charge in [-0.2, -0.15) is 5.10 Å². The maximum Gasteiger partial charge on any atom is 0.317 e. The average molecular weight is 451 g/mol. The Labute approximate surface area is 196 Å². The Hall–Kier alpha value is -3.19. The number of methoxy groups -OCH3 is 1. The van der Waals surface area contributed by atoms with Crippen LogP contribution in [0.3, 0.4) is 0 Å². The Morgan fingerprint density at radius 2 is 1.91 bits per heavy atom. The number of hydrogen-bond acceptors (Lipinski definition) is 4. The number of hydrogen-bond donors (Lipinski definition) is 1. The lowest BCUT2D eigenvalue weighted by Crippen LogP contribution is -2.47. The number of hydrazone groups is 1. The summed E-state index contributed by atoms with van der Waals surface area (Å²) < 4.78 is 5.15. The quantitative estimate of drug-likeness (QED) is 0.626. The van der Waals surface area contributed by atoms with E-state index in [2.05, 4.69) is 37.4 Å². The molecule has 1 aliphatic rings. The maximum atomic E-state index is 13.4. The zero-order valence-corrected chi connectivity index (χ0v) is 20.0. The van der Waals surface area contributed by atoms with Crippen LogP contribution in [0.4, 0.5) is 4.79 Å². The van der Waals surface area contributed by atoms with E-state index in [1.807, 2.05) is 37.3 Å². The first-order valence-electron chi connectivity index (χ1n) is 11.5. The Morgan fingerprint density at radius 1 is 1.15 bits per heavy atom. The summed E-state index contributed by atoms with van der Waals surface area (Å²) >= 11 is 0. The molecular weight excluding hydrogens is 416 g/mol. The Balaban J connectivity index is 1.87. The van der Waals surface area contributed by atoms with Gasteiger partial charge in [0.2, 0.25) is 0 Å². The first kappa shape index (κ1) is 24.5. The number of carbonyl (C=O) groups is 2. The molecule has 2 aromatic rings. The van der Waals surface area contributed by atoms with Crippen LogP contribution in [-0.2, 0) is 9.53 Å². The third-order valence-corrected chi connectivity index (χ3v) is 5.90. The van der Waals surface area contributed by atoms with Gasteiger partial charge in [-0.25, -0.2) is 9.80 Å². The van der Waals surface area contributed by atoms with E-state index < -0.39 is 0 Å². The highest BCUT2D eigenvalue weighted by molar-refractivity contribution is 6.03. The molecule has 2 aromatic carbocycles. The van der Waals surface area contributed by atoms with Crippen molar-refractivity contribution in [2.75, 3.05) is 33.4 Å². The molecule has 3 rings (SSSR count). The molecular formula is C26H34N4O3. The molecule has 0 saturated carbocycles. The predicted molar refractivity (Wildman–Crippen MR) is 130 cm³/mol. The highest BCUT2D eigenvalue weighted by atomic mass is 16.5. The van der Waals surface area contributed by atoms with Gasteiger partial charge in [-0.15, -0.1) is 0 Å². The van der Waals surface area contributed by atoms with Gasteiger partial charge in [0, 0.05) is 26.6 Å². The number of carbonyl (C=O) groups excluding carboxylic acids is 2. The van der Waals surface area contributed by atoms with Gasteiger partial charge < -0.3 is 15.0 Å². The van der Waals surface area contributed by atoms with Crippen LogP contribution in [0.25, 0.3) is 0 Å². The van der Waals surface area contributed by atoms with Crippen LogP contribution in [0.5, 0.6) is 0 Å². The largest absolute Gasteiger partial charge is 0.383 e. The Kier molecular flexibility index (Phi) is 8.60. The van der Waals surface area contributed by atoms with Crippen molar-refractivity contribution in [2.24, 2.45) is 5.10 Å². The van der Waals surface area contributed by atoms with Gasteiger partial charge in [0.1, 0.15) is 6.54 Å². The molecule has 0 fully saturated rings. The van der Waals surface area contributed by atoms with E-state index >= 15 is 0 Å². The van der Waals surface area contributed by atoms with Crippen LogP contribution >= 0.6 is 0 Å². The van der Waals surface area contributed by atoms with Gasteiger partial charge >= 0.3 is 6.03 Å². The van der Waals surface area contributed by atoms with Crippen LogP contribution < -0.4 is 5.32 Å². The SMILES string of the molecule is CCCNC(=O)N(CCOC)CC(=O)N1N=C(c2ccc(C)c(C)c2)CC1c1ccccc1. The van der Waals surface area contributed by atoms with Crippen LogP contribution in [0, 0.1) is 13.8 Å². The number of ether oxygens (including phenoxy) is 1. The summed E-state index contributed by atoms with van der Waals surface area (Å²) in [5, 5.41) is 9.15. The fraction of sp³-hybridized carbons (Fsp3) is 0.423. The topological polar surface area (TPSA) is 74.2 Å². The van der Waals surface area contributed by atoms with Crippen LogP contribution in [0.2, 0.25) is 0 Å². The van der Waals surface area contributed by atoms with E-state index in [1.54, 1.807) is 12.1 Å². The predicted octanol–water partition coefficient (Wildman–Crippen LogP) is 4.05. The third-order valence-electron chi connectivity index (χ3n) is 5.90. The van der Waals surface area contributed by atoms with E-state index in [-0.39, 0.29) is 24.5 Å². The molecule has 1 heterocycles. The summed E-state index contributed by atoms with van der Waals surface area (Å²) in [6.07, 6.45) is 1.45. The van der Waals surface area contributed by atoms with Gasteiger partial charge in [-0.1, -0.05) is 49.4 Å². The van der Waals surface area contributed by atoms with Crippen molar-refractivity contribution in [2.45, 2.75) is 39.7 Å². The number of rotatable bonds is 9. The van der Waals surface area contributed by atoms with Gasteiger partial charge in [0.25, 0.3) is 5.91 Å². The zero-order chi connectivity index (χ0) is 23.8. The zero-order valence-electron chi connectivity index (χ0n) is 20.0. The average Bonchev–Trinajstić information content (AvgIpc) is 3.28. The number of benzene rings is 2. The fourth-order valence-corrected chi connectivity index (χ4v) is 3.80. The minimum Gasteiger partial charge on any atom is -0.383 e. The number of amides is 3. The monoisotopic (exact) mass is 450 g/mol. The molecule has 0 radical (unpaired) electrons. The first-order valence-corrected chi connectivity index (χ1v) is 11.5. The van der Waals surface area contributed by atoms with Crippen molar-refractivity contribution < 1.29 is 14.3 Å². The summed E-state index contributed by atoms with van der Waals surface area (Å²) in [6.45, 7) is 7.32. The molecule has 1 atom stereocenters. The molecule has 1 aliphatic heterocycles. The second-order valence-electron chi connectivity index (χ2n) is 8.36. The molecule has 0 aliphatic carbocycles. The highest BCUT2D eigenvalue weighted by Crippen LogP contribution is 2.33. The van der Waals surface area contributed by atoms with Crippen molar-refractivity contribution in [3.63, 3.8) is 0 Å². The second kappa shape index (κ2) is 11.6. The number of aryl methyl sites for hydroxylation is 2. The molecule has 0 bridgehead atoms. The van der Waals surface area contributed by atoms with E-state index in [1.165, 1.54) is 16.0 Å². The van der Waals surface area contributed by atoms with Crippen LogP contribution in [-0.4, -0.2) is 60.9 Å². The van der Waals surface area contributed by atoms with Gasteiger partial charge in [-0.3, -0.25) is 4.79 Å². The molecule has 0 spiro atoms. The molecule has 7 heteroatoms. The molecule has 7 nitrogen and oxygen atoms in total. The number of urea groups is 1. The molecule has 176 valence electrons. The van der Waals surface area contributed by atoms with E-state index in [0.29, 0.717) is 26.1 Å². The Morgan fingerprint density at radius 3 is 2.58 bits per heavy atom. The maximum absolute atomic E-state index is 13.4. The standard InChI is InChI=1S/C26H34N4O3/c1-5-13-27-26(32)29(14-15-33-4)18-25(31)30-24(21-9-7-6-8-10-21)17-23(28-30)22-12-11-19(2)20(3)16-22/h6-12,16,24H,5,13-15,17-18H2,1-4H3,(H,27,32). The second-order valence-corrected chi connectivity index (χ2v) is 8.36. The normalized spacial score (nSPS) is 15.3. The summed E-state index contributed by atoms with van der Waals surface area (Å²) in [4.78, 5) is 27.5. The van der Waals surface area contributed by atoms with Gasteiger partial charge in [0.05, 0.1) is 18.4 Å². The molecule has 1 N–H and O–H groups in total. The number of nitrogens with one attached hydrogen (secondary N) is 1. The van der Waals surface area contributed by atoms with Crippen molar-refractivity contribution in [3.8, 4) is 0 Å². The molecule has 33 heavy (non-hydrogen) atoms. The summed E-state index contributed by atoms with van der Waals surface area (Å²) in [7, 11) is 1.58. The van der Waals surface area contributed by atoms with E-state index in [0.717, 1.165) is 23.3 Å². The lowest BCUT2D eigenvalue weighted by Gasteiger charge is -2.27. The van der Waals surface area contributed by atoms with Crippen molar-refractivity contribution in [1.29, 1.82) is 0 Å². The van der Waals surface area contributed by atoms with E-state index in [4.69, 9.17) is 9.84 Å². The molecule has 1 unspecified atom stereocenters. The molecule has 0 saturated heterocycles. The minimum absolute atomic E-state index is 0.0635. The lowest BCUT2D eigenvalue weighted by molar-refractivity contribution is -0.133. The van der Waals surface area contributed by atoms with E-state index in [9.17, 15) is 9.59 Å². The molecule has 3 amide bonds. The fourth-order valence-electron chi connectivity index (χ4n) is 3.80. The lowest BCUT2D eigenvalue weighted by atomic mass is 9.96. The van der Waals surface area contributed by atoms with Crippen molar-refractivity contribution >= 4 is 17.6 Å². The Bertz CT molecular complexity index is 990. The number of nitrogens with zero attached hydrogens (tertiary/aromatic N) is 3.